The molecular weight excluding hydrogens is 449 g/mol. The lowest BCUT2D eigenvalue weighted by Crippen LogP contribution is -2.50. The van der Waals surface area contributed by atoms with Crippen LogP contribution in [0.3, 0.4) is 0 Å². The van der Waals surface area contributed by atoms with E-state index >= 15 is 4.39 Å². The van der Waals surface area contributed by atoms with Crippen LogP contribution >= 0.6 is 0 Å². The molecule has 10 heteroatoms. The molecule has 184 valence electrons. The van der Waals surface area contributed by atoms with Gasteiger partial charge in [0.15, 0.2) is 0 Å². The summed E-state index contributed by atoms with van der Waals surface area (Å²) < 4.78 is 16.5. The number of nitrogens with zero attached hydrogens (tertiary/aromatic N) is 4. The summed E-state index contributed by atoms with van der Waals surface area (Å²) in [4.78, 5) is 30.5. The number of halogens is 1. The molecule has 5 rings (SSSR count). The molecule has 2 amide bonds. The van der Waals surface area contributed by atoms with Crippen molar-refractivity contribution in [3.05, 3.63) is 47.4 Å². The number of H-pyrrole nitrogens is 1. The largest absolute Gasteiger partial charge is 0.339 e. The normalized spacial score (nSPS) is 16.4. The highest BCUT2D eigenvalue weighted by molar-refractivity contribution is 6.00. The van der Waals surface area contributed by atoms with Gasteiger partial charge in [-0.25, -0.2) is 4.98 Å². The van der Waals surface area contributed by atoms with E-state index in [2.05, 4.69) is 30.9 Å². The summed E-state index contributed by atoms with van der Waals surface area (Å²) in [6.45, 7) is 3.79. The zero-order chi connectivity index (χ0) is 24.7. The van der Waals surface area contributed by atoms with Gasteiger partial charge in [0.1, 0.15) is 17.6 Å². The Bertz CT molecular complexity index is 1250. The molecule has 3 heterocycles. The van der Waals surface area contributed by atoms with Crippen LogP contribution in [0.15, 0.2) is 24.4 Å². The molecule has 2 aliphatic rings. The van der Waals surface area contributed by atoms with Crippen LogP contribution in [-0.4, -0.2) is 42.8 Å². The van der Waals surface area contributed by atoms with Crippen LogP contribution in [-0.2, 0) is 18.3 Å². The quantitative estimate of drug-likeness (QED) is 0.407. The van der Waals surface area contributed by atoms with Gasteiger partial charge in [-0.1, -0.05) is 6.92 Å². The molecule has 0 bridgehead atoms. The molecule has 3 N–H and O–H groups in total. The number of hydrogen-bond acceptors (Lipinski definition) is 5. The summed E-state index contributed by atoms with van der Waals surface area (Å²) >= 11 is 0. The molecule has 2 saturated carbocycles. The molecule has 35 heavy (non-hydrogen) atoms. The highest BCUT2D eigenvalue weighted by atomic mass is 19.1. The van der Waals surface area contributed by atoms with E-state index in [0.29, 0.717) is 35.1 Å². The van der Waals surface area contributed by atoms with Crippen LogP contribution in [0.5, 0.6) is 0 Å². The van der Waals surface area contributed by atoms with Crippen LogP contribution in [0, 0.1) is 30.6 Å². The van der Waals surface area contributed by atoms with Crippen LogP contribution in [0.25, 0.3) is 11.1 Å². The maximum Gasteiger partial charge on any atom is 0.270 e. The monoisotopic (exact) mass is 479 g/mol. The maximum atomic E-state index is 15.1. The van der Waals surface area contributed by atoms with Crippen molar-refractivity contribution >= 4 is 17.6 Å². The number of amides is 2. The number of aromatic amines is 1. The van der Waals surface area contributed by atoms with Gasteiger partial charge < -0.3 is 10.6 Å². The van der Waals surface area contributed by atoms with Crippen LogP contribution in [0.4, 0.5) is 10.2 Å². The van der Waals surface area contributed by atoms with Crippen molar-refractivity contribution in [2.24, 2.45) is 24.8 Å². The third kappa shape index (κ3) is 4.69. The Kier molecular flexibility index (Phi) is 6.12. The molecule has 9 nitrogen and oxygen atoms in total. The van der Waals surface area contributed by atoms with E-state index in [4.69, 9.17) is 0 Å². The molecule has 0 aliphatic heterocycles. The zero-order valence-corrected chi connectivity index (χ0v) is 20.1. The SMILES string of the molecule is CCc1n[nH]c(C)c1-c1ccc(NC(=O)[C@@H](NC(=O)c2ccnn2C)C(C2CC2)C2CC2)nc1F. The molecule has 3 aromatic rings. The van der Waals surface area contributed by atoms with E-state index in [0.717, 1.165) is 37.1 Å². The number of aryl methyl sites for hydroxylation is 3. The number of carbonyl (C=O) groups excluding carboxylic acids is 2. The number of hydrogen-bond donors (Lipinski definition) is 3. The van der Waals surface area contributed by atoms with Gasteiger partial charge in [0, 0.05) is 30.1 Å². The molecule has 0 radical (unpaired) electrons. The lowest BCUT2D eigenvalue weighted by atomic mass is 9.88. The zero-order valence-electron chi connectivity index (χ0n) is 20.1. The Morgan fingerprint density at radius 2 is 1.91 bits per heavy atom. The average Bonchev–Trinajstić information content (AvgIpc) is 3.76. The van der Waals surface area contributed by atoms with E-state index in [9.17, 15) is 9.59 Å². The minimum atomic E-state index is -0.732. The number of rotatable bonds is 9. The standard InChI is InChI=1S/C25H30FN7O2/c1-4-17-20(13(2)31-32-17)16-9-10-19(28-23(16)26)29-25(35)22(21(14-5-6-14)15-7-8-15)30-24(34)18-11-12-27-33(18)3/h9-12,14-15,21-22H,4-8H2,1-3H3,(H,30,34)(H,31,32)(H,28,29,35)/t22-/m0/s1. The van der Waals surface area contributed by atoms with Gasteiger partial charge in [0.05, 0.1) is 5.69 Å². The second-order valence-corrected chi connectivity index (χ2v) is 9.59. The van der Waals surface area contributed by atoms with Gasteiger partial charge in [0.2, 0.25) is 11.9 Å². The summed E-state index contributed by atoms with van der Waals surface area (Å²) in [6.07, 6.45) is 6.41. The topological polar surface area (TPSA) is 118 Å². The summed E-state index contributed by atoms with van der Waals surface area (Å²) in [7, 11) is 1.68. The van der Waals surface area contributed by atoms with Crippen LogP contribution in [0.1, 0.15) is 54.5 Å². The fourth-order valence-corrected chi connectivity index (χ4v) is 5.03. The summed E-state index contributed by atoms with van der Waals surface area (Å²) in [5.74, 6) is -0.426. The molecule has 1 atom stereocenters. The van der Waals surface area contributed by atoms with Gasteiger partial charge in [-0.2, -0.15) is 14.6 Å². The van der Waals surface area contributed by atoms with E-state index in [1.807, 2.05) is 13.8 Å². The van der Waals surface area contributed by atoms with Gasteiger partial charge in [0.25, 0.3) is 5.91 Å². The van der Waals surface area contributed by atoms with Gasteiger partial charge in [-0.3, -0.25) is 19.4 Å². The van der Waals surface area contributed by atoms with Crippen molar-refractivity contribution < 1.29 is 14.0 Å². The fraction of sp³-hybridized carbons (Fsp3) is 0.480. The first-order valence-corrected chi connectivity index (χ1v) is 12.2. The van der Waals surface area contributed by atoms with Crippen LogP contribution < -0.4 is 10.6 Å². The molecule has 3 aromatic heterocycles. The molecule has 0 unspecified atom stereocenters. The molecule has 2 fully saturated rings. The summed E-state index contributed by atoms with van der Waals surface area (Å²) in [5.41, 5.74) is 2.92. The summed E-state index contributed by atoms with van der Waals surface area (Å²) in [5, 5.41) is 16.9. The Morgan fingerprint density at radius 3 is 2.49 bits per heavy atom. The smallest absolute Gasteiger partial charge is 0.270 e. The Balaban J connectivity index is 1.39. The average molecular weight is 480 g/mol. The number of pyridine rings is 1. The van der Waals surface area contributed by atoms with Crippen molar-refractivity contribution in [3.8, 4) is 11.1 Å². The molecule has 2 aliphatic carbocycles. The first kappa shape index (κ1) is 23.2. The first-order valence-electron chi connectivity index (χ1n) is 12.2. The van der Waals surface area contributed by atoms with Gasteiger partial charge in [-0.15, -0.1) is 0 Å². The molecular formula is C25H30FN7O2. The highest BCUT2D eigenvalue weighted by Crippen LogP contribution is 2.51. The number of carbonyl (C=O) groups is 2. The number of nitrogens with one attached hydrogen (secondary N) is 3. The second kappa shape index (κ2) is 9.24. The van der Waals surface area contributed by atoms with E-state index in [1.165, 1.54) is 4.68 Å². The second-order valence-electron chi connectivity index (χ2n) is 9.59. The predicted molar refractivity (Wildman–Crippen MR) is 128 cm³/mol. The predicted octanol–water partition coefficient (Wildman–Crippen LogP) is 3.39. The third-order valence-electron chi connectivity index (χ3n) is 7.07. The Labute approximate surface area is 202 Å². The summed E-state index contributed by atoms with van der Waals surface area (Å²) in [6, 6.07) is 4.08. The van der Waals surface area contributed by atoms with Crippen molar-refractivity contribution in [1.29, 1.82) is 0 Å². The third-order valence-corrected chi connectivity index (χ3v) is 7.07. The molecule has 0 spiro atoms. The van der Waals surface area contributed by atoms with E-state index < -0.39 is 12.0 Å². The number of aromatic nitrogens is 5. The van der Waals surface area contributed by atoms with Gasteiger partial charge in [-0.05, 0) is 75.0 Å². The minimum Gasteiger partial charge on any atom is -0.339 e. The van der Waals surface area contributed by atoms with Crippen molar-refractivity contribution in [3.63, 3.8) is 0 Å². The fourth-order valence-electron chi connectivity index (χ4n) is 5.03. The first-order chi connectivity index (χ1) is 16.9. The van der Waals surface area contributed by atoms with Crippen molar-refractivity contribution in [2.75, 3.05) is 5.32 Å². The lowest BCUT2D eigenvalue weighted by molar-refractivity contribution is -0.119. The van der Waals surface area contributed by atoms with Crippen molar-refractivity contribution in [1.82, 2.24) is 30.3 Å². The van der Waals surface area contributed by atoms with Crippen molar-refractivity contribution in [2.45, 2.75) is 52.0 Å². The minimum absolute atomic E-state index is 0.0528. The lowest BCUT2D eigenvalue weighted by Gasteiger charge is -2.27. The van der Waals surface area contributed by atoms with Gasteiger partial charge >= 0.3 is 0 Å². The molecule has 0 aromatic carbocycles. The Morgan fingerprint density at radius 1 is 1.20 bits per heavy atom. The van der Waals surface area contributed by atoms with E-state index in [1.54, 1.807) is 31.4 Å². The van der Waals surface area contributed by atoms with E-state index in [-0.39, 0.29) is 23.6 Å². The van der Waals surface area contributed by atoms with Crippen LogP contribution in [0.2, 0.25) is 0 Å². The molecule has 0 saturated heterocycles. The Hall–Kier alpha value is -3.56. The number of anilines is 1. The highest BCUT2D eigenvalue weighted by Gasteiger charge is 2.48. The maximum absolute atomic E-state index is 15.1.